The van der Waals surface area contributed by atoms with Gasteiger partial charge < -0.3 is 11.1 Å². The molecule has 4 aromatic rings. The van der Waals surface area contributed by atoms with Gasteiger partial charge in [-0.25, -0.2) is 23.3 Å². The fourth-order valence-corrected chi connectivity index (χ4v) is 2.97. The van der Waals surface area contributed by atoms with Crippen molar-refractivity contribution >= 4 is 23.0 Å². The normalized spacial score (nSPS) is 12.4. The number of aromatic nitrogens is 4. The molecule has 156 valence electrons. The summed E-state index contributed by atoms with van der Waals surface area (Å²) in [6.45, 7) is 1.66. The highest BCUT2D eigenvalue weighted by atomic mass is 19.1. The fourth-order valence-electron chi connectivity index (χ4n) is 2.97. The maximum absolute atomic E-state index is 13.9. The van der Waals surface area contributed by atoms with Crippen molar-refractivity contribution in [2.45, 2.75) is 13.5 Å². The van der Waals surface area contributed by atoms with Gasteiger partial charge in [0.15, 0.2) is 5.65 Å². The SMILES string of the molecule is Cc1cccc(N/C(=C\C(N)=NCc2c(F)cccc2F)c2ccc3ncnn3c2)n1. The number of halogens is 2. The molecule has 0 aliphatic carbocycles. The number of fused-ring (bicyclic) bond motifs is 1. The molecule has 0 fully saturated rings. The molecule has 0 saturated carbocycles. The van der Waals surface area contributed by atoms with Gasteiger partial charge in [-0.3, -0.25) is 4.99 Å². The van der Waals surface area contributed by atoms with E-state index in [1.807, 2.05) is 37.3 Å². The van der Waals surface area contributed by atoms with Crippen LogP contribution in [-0.2, 0) is 6.54 Å². The largest absolute Gasteiger partial charge is 0.384 e. The highest BCUT2D eigenvalue weighted by Crippen LogP contribution is 2.19. The van der Waals surface area contributed by atoms with Crippen LogP contribution in [-0.4, -0.2) is 25.4 Å². The Balaban J connectivity index is 1.69. The molecule has 3 N–H and O–H groups in total. The zero-order valence-corrected chi connectivity index (χ0v) is 16.6. The van der Waals surface area contributed by atoms with E-state index in [4.69, 9.17) is 5.73 Å². The Kier molecular flexibility index (Phi) is 5.65. The molecule has 0 aliphatic rings. The highest BCUT2D eigenvalue weighted by molar-refractivity contribution is 6.00. The molecule has 0 amide bonds. The number of aryl methyl sites for hydroxylation is 1. The van der Waals surface area contributed by atoms with Gasteiger partial charge >= 0.3 is 0 Å². The van der Waals surface area contributed by atoms with Crippen LogP contribution in [0, 0.1) is 18.6 Å². The van der Waals surface area contributed by atoms with Crippen LogP contribution < -0.4 is 11.1 Å². The third kappa shape index (κ3) is 4.72. The maximum Gasteiger partial charge on any atom is 0.155 e. The van der Waals surface area contributed by atoms with Crippen LogP contribution >= 0.6 is 0 Å². The van der Waals surface area contributed by atoms with Gasteiger partial charge in [0, 0.05) is 29.1 Å². The molecule has 0 radical (unpaired) electrons. The minimum atomic E-state index is -0.667. The molecule has 0 bridgehead atoms. The molecule has 3 aromatic heterocycles. The standard InChI is InChI=1S/C22H19F2N7/c1-14-4-2-7-21(29-14)30-19(15-8-9-22-27-13-28-31(22)12-15)10-20(25)26-11-16-17(23)5-3-6-18(16)24/h2-10,12-13H,11H2,1H3,(H2,25,26)(H,29,30)/b19-10-. The molecule has 1 aromatic carbocycles. The quantitative estimate of drug-likeness (QED) is 0.367. The molecule has 0 spiro atoms. The summed E-state index contributed by atoms with van der Waals surface area (Å²) in [6, 6.07) is 12.9. The van der Waals surface area contributed by atoms with Crippen LogP contribution in [0.3, 0.4) is 0 Å². The van der Waals surface area contributed by atoms with Crippen molar-refractivity contribution < 1.29 is 8.78 Å². The summed E-state index contributed by atoms with van der Waals surface area (Å²) in [5.74, 6) is -0.631. The Morgan fingerprint density at radius 2 is 1.90 bits per heavy atom. The molecular weight excluding hydrogens is 400 g/mol. The van der Waals surface area contributed by atoms with Crippen LogP contribution in [0.4, 0.5) is 14.6 Å². The predicted octanol–water partition coefficient (Wildman–Crippen LogP) is 3.72. The lowest BCUT2D eigenvalue weighted by Crippen LogP contribution is -2.13. The molecule has 0 unspecified atom stereocenters. The topological polar surface area (TPSA) is 93.5 Å². The third-order valence-electron chi connectivity index (χ3n) is 4.51. The summed E-state index contributed by atoms with van der Waals surface area (Å²) in [5.41, 5.74) is 8.79. The second-order valence-electron chi connectivity index (χ2n) is 6.77. The summed E-state index contributed by atoms with van der Waals surface area (Å²) < 4.78 is 29.4. The lowest BCUT2D eigenvalue weighted by Gasteiger charge is -2.12. The Morgan fingerprint density at radius 3 is 2.68 bits per heavy atom. The third-order valence-corrected chi connectivity index (χ3v) is 4.51. The second-order valence-corrected chi connectivity index (χ2v) is 6.77. The Morgan fingerprint density at radius 1 is 1.13 bits per heavy atom. The molecule has 4 rings (SSSR count). The van der Waals surface area contributed by atoms with Crippen LogP contribution in [0.15, 0.2) is 72.1 Å². The summed E-state index contributed by atoms with van der Waals surface area (Å²) >= 11 is 0. The lowest BCUT2D eigenvalue weighted by atomic mass is 10.2. The van der Waals surface area contributed by atoms with Gasteiger partial charge in [-0.2, -0.15) is 5.10 Å². The van der Waals surface area contributed by atoms with E-state index < -0.39 is 11.6 Å². The summed E-state index contributed by atoms with van der Waals surface area (Å²) in [4.78, 5) is 12.7. The van der Waals surface area contributed by atoms with Crippen molar-refractivity contribution in [3.05, 3.63) is 95.6 Å². The number of nitrogens with two attached hydrogens (primary N) is 1. The first-order valence-corrected chi connectivity index (χ1v) is 9.44. The average Bonchev–Trinajstić information content (AvgIpc) is 3.21. The summed E-state index contributed by atoms with van der Waals surface area (Å²) in [5, 5.41) is 7.37. The number of nitrogens with zero attached hydrogens (tertiary/aromatic N) is 5. The van der Waals surface area contributed by atoms with Gasteiger partial charge in [0.1, 0.15) is 29.6 Å². The lowest BCUT2D eigenvalue weighted by molar-refractivity contribution is 0.557. The van der Waals surface area contributed by atoms with Gasteiger partial charge in [0.05, 0.1) is 12.2 Å². The fraction of sp³-hybridized carbons (Fsp3) is 0.0909. The molecule has 7 nitrogen and oxygen atoms in total. The molecule has 3 heterocycles. The van der Waals surface area contributed by atoms with E-state index >= 15 is 0 Å². The van der Waals surface area contributed by atoms with Crippen molar-refractivity contribution in [2.24, 2.45) is 10.7 Å². The number of hydrogen-bond acceptors (Lipinski definition) is 5. The zero-order valence-electron chi connectivity index (χ0n) is 16.6. The smallest absolute Gasteiger partial charge is 0.155 e. The number of anilines is 1. The van der Waals surface area contributed by atoms with E-state index in [2.05, 4.69) is 25.4 Å². The minimum absolute atomic E-state index is 0.0940. The van der Waals surface area contributed by atoms with Gasteiger partial charge in [-0.1, -0.05) is 12.1 Å². The first kappa shape index (κ1) is 20.1. The monoisotopic (exact) mass is 419 g/mol. The number of benzene rings is 1. The van der Waals surface area contributed by atoms with Gasteiger partial charge in [-0.15, -0.1) is 0 Å². The minimum Gasteiger partial charge on any atom is -0.384 e. The van der Waals surface area contributed by atoms with Crippen molar-refractivity contribution in [1.29, 1.82) is 0 Å². The number of hydrogen-bond donors (Lipinski definition) is 2. The van der Waals surface area contributed by atoms with E-state index in [1.54, 1.807) is 16.8 Å². The second kappa shape index (κ2) is 8.70. The molecule has 0 atom stereocenters. The Hall–Kier alpha value is -4.14. The Labute approximate surface area is 177 Å². The van der Waals surface area contributed by atoms with Crippen molar-refractivity contribution in [3.63, 3.8) is 0 Å². The van der Waals surface area contributed by atoms with E-state index in [0.29, 0.717) is 17.2 Å². The van der Waals surface area contributed by atoms with Crippen LogP contribution in [0.25, 0.3) is 11.3 Å². The van der Waals surface area contributed by atoms with Crippen LogP contribution in [0.5, 0.6) is 0 Å². The van der Waals surface area contributed by atoms with E-state index in [0.717, 1.165) is 11.3 Å². The van der Waals surface area contributed by atoms with Crippen molar-refractivity contribution in [3.8, 4) is 0 Å². The van der Waals surface area contributed by atoms with Crippen LogP contribution in [0.2, 0.25) is 0 Å². The maximum atomic E-state index is 13.9. The predicted molar refractivity (Wildman–Crippen MR) is 115 cm³/mol. The highest BCUT2D eigenvalue weighted by Gasteiger charge is 2.09. The van der Waals surface area contributed by atoms with E-state index in [1.165, 1.54) is 24.5 Å². The van der Waals surface area contributed by atoms with Gasteiger partial charge in [-0.05, 0) is 43.3 Å². The van der Waals surface area contributed by atoms with Crippen molar-refractivity contribution in [2.75, 3.05) is 5.32 Å². The van der Waals surface area contributed by atoms with E-state index in [9.17, 15) is 8.78 Å². The molecule has 9 heteroatoms. The zero-order chi connectivity index (χ0) is 21.8. The first-order valence-electron chi connectivity index (χ1n) is 9.44. The number of nitrogens with one attached hydrogen (secondary N) is 1. The van der Waals surface area contributed by atoms with Crippen molar-refractivity contribution in [1.82, 2.24) is 19.6 Å². The molecule has 0 saturated heterocycles. The summed E-state index contributed by atoms with van der Waals surface area (Å²) in [7, 11) is 0. The molecule has 0 aliphatic heterocycles. The van der Waals surface area contributed by atoms with Gasteiger partial charge in [0.25, 0.3) is 0 Å². The van der Waals surface area contributed by atoms with E-state index in [-0.39, 0.29) is 17.9 Å². The Bertz CT molecular complexity index is 1270. The molecule has 31 heavy (non-hydrogen) atoms. The van der Waals surface area contributed by atoms with Crippen LogP contribution in [0.1, 0.15) is 16.8 Å². The number of pyridine rings is 2. The number of aliphatic imine (C=N–C) groups is 1. The first-order chi connectivity index (χ1) is 15.0. The summed E-state index contributed by atoms with van der Waals surface area (Å²) in [6.07, 6.45) is 4.82. The molecular formula is C22H19F2N7. The average molecular weight is 419 g/mol. The number of amidine groups is 1. The number of rotatable bonds is 6. The van der Waals surface area contributed by atoms with Gasteiger partial charge in [0.2, 0.25) is 0 Å².